The Kier molecular flexibility index (Phi) is 4.35. The van der Waals surface area contributed by atoms with Crippen molar-refractivity contribution in [3.05, 3.63) is 41.3 Å². The molecule has 10 nitrogen and oxygen atoms in total. The first-order valence-corrected chi connectivity index (χ1v) is 9.23. The lowest BCUT2D eigenvalue weighted by Gasteiger charge is -2.21. The van der Waals surface area contributed by atoms with Crippen LogP contribution >= 0.6 is 0 Å². The van der Waals surface area contributed by atoms with Gasteiger partial charge in [-0.05, 0) is 6.42 Å². The molecule has 0 saturated carbocycles. The first-order valence-electron chi connectivity index (χ1n) is 7.38. The number of hydrogen-bond donors (Lipinski definition) is 0. The van der Waals surface area contributed by atoms with E-state index >= 15 is 0 Å². The van der Waals surface area contributed by atoms with Gasteiger partial charge in [-0.3, -0.25) is 24.0 Å². The molecule has 2 aromatic rings. The summed E-state index contributed by atoms with van der Waals surface area (Å²) in [5.74, 6) is -0.206. The van der Waals surface area contributed by atoms with Gasteiger partial charge in [-0.1, -0.05) is 0 Å². The number of nitrogens with zero attached hydrogens (tertiary/aromatic N) is 6. The second-order valence-corrected chi connectivity index (χ2v) is 7.64. The number of carbonyl (C=O) groups excluding carboxylic acids is 1. The summed E-state index contributed by atoms with van der Waals surface area (Å²) in [4.78, 5) is 37.5. The van der Waals surface area contributed by atoms with E-state index in [0.29, 0.717) is 18.7 Å². The van der Waals surface area contributed by atoms with Crippen LogP contribution in [-0.4, -0.2) is 64.0 Å². The van der Waals surface area contributed by atoms with Crippen molar-refractivity contribution in [2.75, 3.05) is 24.7 Å². The fraction of sp³-hybridized carbons (Fsp3) is 0.357. The van der Waals surface area contributed by atoms with Crippen LogP contribution in [0.2, 0.25) is 0 Å². The lowest BCUT2D eigenvalue weighted by atomic mass is 10.2. The lowest BCUT2D eigenvalue weighted by Crippen LogP contribution is -2.42. The Bertz CT molecular complexity index is 956. The molecule has 3 rings (SSSR count). The minimum absolute atomic E-state index is 0.167. The topological polar surface area (TPSA) is 118 Å². The molecular weight excluding hydrogens is 348 g/mol. The van der Waals surface area contributed by atoms with Crippen LogP contribution in [0.1, 0.15) is 6.42 Å². The molecule has 1 unspecified atom stereocenters. The molecule has 2 aromatic heterocycles. The highest BCUT2D eigenvalue weighted by atomic mass is 32.2. The average molecular weight is 364 g/mol. The number of aromatic nitrogens is 4. The second-order valence-electron chi connectivity index (χ2n) is 5.60. The Hall–Kier alpha value is -2.66. The highest BCUT2D eigenvalue weighted by Gasteiger charge is 2.39. The molecule has 1 fully saturated rings. The van der Waals surface area contributed by atoms with Gasteiger partial charge in [0.15, 0.2) is 0 Å². The van der Waals surface area contributed by atoms with Gasteiger partial charge in [-0.2, -0.15) is 4.31 Å². The zero-order valence-corrected chi connectivity index (χ0v) is 14.4. The minimum Gasteiger partial charge on any atom is -0.279 e. The molecule has 0 radical (unpaired) electrons. The Labute approximate surface area is 143 Å². The summed E-state index contributed by atoms with van der Waals surface area (Å²) in [5.41, 5.74) is 0.110. The van der Waals surface area contributed by atoms with Crippen LogP contribution in [0, 0.1) is 0 Å². The van der Waals surface area contributed by atoms with Crippen molar-refractivity contribution in [1.82, 2.24) is 23.8 Å². The molecule has 1 amide bonds. The molecule has 1 aliphatic heterocycles. The van der Waals surface area contributed by atoms with E-state index in [9.17, 15) is 18.0 Å². The van der Waals surface area contributed by atoms with Crippen LogP contribution in [0.25, 0.3) is 5.69 Å². The number of rotatable bonds is 4. The molecule has 0 aromatic carbocycles. The average Bonchev–Trinajstić information content (AvgIpc) is 2.95. The van der Waals surface area contributed by atoms with E-state index in [0.717, 1.165) is 10.6 Å². The molecule has 1 aliphatic rings. The van der Waals surface area contributed by atoms with E-state index in [2.05, 4.69) is 15.0 Å². The molecule has 25 heavy (non-hydrogen) atoms. The van der Waals surface area contributed by atoms with Gasteiger partial charge in [0, 0.05) is 26.0 Å². The Balaban J connectivity index is 1.83. The van der Waals surface area contributed by atoms with Crippen molar-refractivity contribution in [3.8, 4) is 5.69 Å². The van der Waals surface area contributed by atoms with Crippen LogP contribution in [0.15, 0.2) is 35.8 Å². The molecule has 0 N–H and O–H groups in total. The molecule has 11 heteroatoms. The van der Waals surface area contributed by atoms with Crippen molar-refractivity contribution >= 4 is 21.9 Å². The molecule has 0 spiro atoms. The van der Waals surface area contributed by atoms with Crippen LogP contribution in [0.3, 0.4) is 0 Å². The Morgan fingerprint density at radius 2 is 1.88 bits per heavy atom. The zero-order chi connectivity index (χ0) is 18.2. The van der Waals surface area contributed by atoms with Gasteiger partial charge >= 0.3 is 0 Å². The molecule has 0 bridgehead atoms. The van der Waals surface area contributed by atoms with Crippen LogP contribution in [0.4, 0.5) is 5.95 Å². The smallest absolute Gasteiger partial charge is 0.273 e. The fourth-order valence-corrected chi connectivity index (χ4v) is 3.23. The van der Waals surface area contributed by atoms with E-state index in [4.69, 9.17) is 0 Å². The van der Waals surface area contributed by atoms with Crippen molar-refractivity contribution in [1.29, 1.82) is 0 Å². The number of carbonyl (C=O) groups is 1. The maximum Gasteiger partial charge on any atom is 0.273 e. The molecule has 3 heterocycles. The molecule has 0 aliphatic carbocycles. The van der Waals surface area contributed by atoms with E-state index < -0.39 is 16.1 Å². The SMILES string of the molecule is CN(C1CCN(c2ncc(-n3ccncc3=O)cn2)C1=O)S(C)(=O)=O. The number of hydrogen-bond acceptors (Lipinski definition) is 7. The molecule has 1 saturated heterocycles. The van der Waals surface area contributed by atoms with Gasteiger partial charge in [-0.15, -0.1) is 0 Å². The predicted octanol–water partition coefficient (Wildman–Crippen LogP) is -0.981. The van der Waals surface area contributed by atoms with Gasteiger partial charge in [-0.25, -0.2) is 18.4 Å². The second kappa shape index (κ2) is 6.33. The lowest BCUT2D eigenvalue weighted by molar-refractivity contribution is -0.120. The normalized spacial score (nSPS) is 18.1. The summed E-state index contributed by atoms with van der Waals surface area (Å²) >= 11 is 0. The minimum atomic E-state index is -3.47. The van der Waals surface area contributed by atoms with Crippen molar-refractivity contribution in [2.24, 2.45) is 0 Å². The first kappa shape index (κ1) is 17.2. The fourth-order valence-electron chi connectivity index (χ4n) is 2.57. The van der Waals surface area contributed by atoms with Gasteiger partial charge in [0.2, 0.25) is 21.9 Å². The van der Waals surface area contributed by atoms with Crippen molar-refractivity contribution in [2.45, 2.75) is 12.5 Å². The van der Waals surface area contributed by atoms with E-state index in [-0.39, 0.29) is 17.4 Å². The predicted molar refractivity (Wildman–Crippen MR) is 88.8 cm³/mol. The standard InChI is InChI=1S/C14H16N6O4S/c1-18(25(2,23)24)11-3-5-20(13(11)22)14-16-7-10(8-17-14)19-6-4-15-9-12(19)21/h4,6-9,11H,3,5H2,1-2H3. The van der Waals surface area contributed by atoms with Crippen LogP contribution in [0.5, 0.6) is 0 Å². The molecular formula is C14H16N6O4S. The summed E-state index contributed by atoms with van der Waals surface area (Å²) < 4.78 is 25.6. The maximum atomic E-state index is 12.5. The van der Waals surface area contributed by atoms with Gasteiger partial charge in [0.05, 0.1) is 30.5 Å². The van der Waals surface area contributed by atoms with E-state index in [1.165, 1.54) is 47.5 Å². The van der Waals surface area contributed by atoms with Crippen LogP contribution < -0.4 is 10.5 Å². The Morgan fingerprint density at radius 3 is 2.48 bits per heavy atom. The third-order valence-electron chi connectivity index (χ3n) is 4.01. The number of anilines is 1. The molecule has 132 valence electrons. The Morgan fingerprint density at radius 1 is 1.20 bits per heavy atom. The summed E-state index contributed by atoms with van der Waals surface area (Å²) in [6.45, 7) is 0.317. The van der Waals surface area contributed by atoms with Gasteiger partial charge in [0.25, 0.3) is 5.56 Å². The number of amides is 1. The first-order chi connectivity index (χ1) is 11.8. The van der Waals surface area contributed by atoms with Gasteiger partial charge in [0.1, 0.15) is 6.04 Å². The number of sulfonamides is 1. The van der Waals surface area contributed by atoms with Gasteiger partial charge < -0.3 is 0 Å². The summed E-state index contributed by atoms with van der Waals surface area (Å²) in [6, 6.07) is -0.763. The van der Waals surface area contributed by atoms with E-state index in [1.807, 2.05) is 0 Å². The molecule has 1 atom stereocenters. The van der Waals surface area contributed by atoms with Crippen molar-refractivity contribution < 1.29 is 13.2 Å². The summed E-state index contributed by atoms with van der Waals surface area (Å²) in [7, 11) is -2.10. The third-order valence-corrected chi connectivity index (χ3v) is 5.31. The summed E-state index contributed by atoms with van der Waals surface area (Å²) in [5, 5.41) is 0. The van der Waals surface area contributed by atoms with Crippen molar-refractivity contribution in [3.63, 3.8) is 0 Å². The monoisotopic (exact) mass is 364 g/mol. The third kappa shape index (κ3) is 3.28. The number of likely N-dealkylation sites (N-methyl/N-ethyl adjacent to an activating group) is 1. The zero-order valence-electron chi connectivity index (χ0n) is 13.6. The highest BCUT2D eigenvalue weighted by Crippen LogP contribution is 2.22. The van der Waals surface area contributed by atoms with Crippen LogP contribution in [-0.2, 0) is 14.8 Å². The summed E-state index contributed by atoms with van der Waals surface area (Å²) in [6.07, 6.45) is 8.38. The quantitative estimate of drug-likeness (QED) is 0.684. The van der Waals surface area contributed by atoms with E-state index in [1.54, 1.807) is 0 Å². The largest absolute Gasteiger partial charge is 0.279 e. The maximum absolute atomic E-state index is 12.5. The highest BCUT2D eigenvalue weighted by molar-refractivity contribution is 7.88.